The van der Waals surface area contributed by atoms with Gasteiger partial charge in [0.2, 0.25) is 0 Å². The number of anilines is 1. The Morgan fingerprint density at radius 3 is 2.24 bits per heavy atom. The number of hydrogen-bond donors (Lipinski definition) is 1. The molecule has 2 N–H and O–H groups in total. The summed E-state index contributed by atoms with van der Waals surface area (Å²) in [5, 5.41) is 0. The third kappa shape index (κ3) is 3.80. The second-order valence-corrected chi connectivity index (χ2v) is 5.01. The quantitative estimate of drug-likeness (QED) is 0.887. The number of hydrogen-bond acceptors (Lipinski definition) is 3. The highest BCUT2D eigenvalue weighted by Gasteiger charge is 2.16. The van der Waals surface area contributed by atoms with E-state index < -0.39 is 0 Å². The van der Waals surface area contributed by atoms with Crippen LogP contribution in [0.2, 0.25) is 0 Å². The second-order valence-electron chi connectivity index (χ2n) is 5.01. The van der Waals surface area contributed by atoms with Crippen LogP contribution in [0.5, 0.6) is 0 Å². The molecular formula is C17H21FN2O. The van der Waals surface area contributed by atoms with Crippen LogP contribution in [0.15, 0.2) is 48.5 Å². The summed E-state index contributed by atoms with van der Waals surface area (Å²) in [7, 11) is 3.65. The third-order valence-corrected chi connectivity index (χ3v) is 3.60. The molecule has 3 nitrogen and oxygen atoms in total. The topological polar surface area (TPSA) is 38.5 Å². The van der Waals surface area contributed by atoms with Crippen molar-refractivity contribution in [3.8, 4) is 0 Å². The highest BCUT2D eigenvalue weighted by molar-refractivity contribution is 5.48. The van der Waals surface area contributed by atoms with Crippen molar-refractivity contribution in [1.29, 1.82) is 0 Å². The summed E-state index contributed by atoms with van der Waals surface area (Å²) in [5.74, 6) is -0.236. The molecular weight excluding hydrogens is 267 g/mol. The smallest absolute Gasteiger partial charge is 0.123 e. The Morgan fingerprint density at radius 2 is 1.71 bits per heavy atom. The van der Waals surface area contributed by atoms with Gasteiger partial charge in [-0.2, -0.15) is 0 Å². The summed E-state index contributed by atoms with van der Waals surface area (Å²) >= 11 is 0. The van der Waals surface area contributed by atoms with Gasteiger partial charge in [0.05, 0.1) is 12.6 Å². The van der Waals surface area contributed by atoms with Crippen molar-refractivity contribution >= 4 is 5.69 Å². The Morgan fingerprint density at radius 1 is 1.10 bits per heavy atom. The molecule has 21 heavy (non-hydrogen) atoms. The van der Waals surface area contributed by atoms with Gasteiger partial charge in [0, 0.05) is 26.4 Å². The summed E-state index contributed by atoms with van der Waals surface area (Å²) in [4.78, 5) is 2.06. The fraction of sp³-hybridized carbons (Fsp3) is 0.294. The van der Waals surface area contributed by atoms with Crippen molar-refractivity contribution in [3.05, 3.63) is 65.5 Å². The van der Waals surface area contributed by atoms with E-state index in [4.69, 9.17) is 10.5 Å². The lowest BCUT2D eigenvalue weighted by atomic mass is 10.0. The summed E-state index contributed by atoms with van der Waals surface area (Å²) < 4.78 is 18.1. The van der Waals surface area contributed by atoms with E-state index >= 15 is 0 Å². The lowest BCUT2D eigenvalue weighted by molar-refractivity contribution is 0.185. The standard InChI is InChI=1S/C17H21FN2O/c1-20(16-9-7-15(18)8-10-16)17(11-19)14-5-3-13(4-6-14)12-21-2/h3-10,17H,11-12,19H2,1-2H3. The SMILES string of the molecule is COCc1ccc(C(CN)N(C)c2ccc(F)cc2)cc1. The molecule has 0 aliphatic rings. The Bertz CT molecular complexity index is 554. The molecule has 0 aliphatic heterocycles. The van der Waals surface area contributed by atoms with Gasteiger partial charge in [0.15, 0.2) is 0 Å². The minimum atomic E-state index is -0.236. The zero-order chi connectivity index (χ0) is 15.2. The predicted molar refractivity (Wildman–Crippen MR) is 83.8 cm³/mol. The molecule has 1 unspecified atom stereocenters. The summed E-state index contributed by atoms with van der Waals surface area (Å²) in [6, 6.07) is 14.7. The maximum absolute atomic E-state index is 13.0. The van der Waals surface area contributed by atoms with E-state index in [9.17, 15) is 4.39 Å². The molecule has 112 valence electrons. The zero-order valence-corrected chi connectivity index (χ0v) is 12.4. The van der Waals surface area contributed by atoms with E-state index in [0.29, 0.717) is 13.2 Å². The fourth-order valence-electron chi connectivity index (χ4n) is 2.38. The minimum absolute atomic E-state index is 0.0482. The highest BCUT2D eigenvalue weighted by Crippen LogP contribution is 2.25. The van der Waals surface area contributed by atoms with Crippen LogP contribution in [0.1, 0.15) is 17.2 Å². The third-order valence-electron chi connectivity index (χ3n) is 3.60. The van der Waals surface area contributed by atoms with Crippen molar-refractivity contribution in [1.82, 2.24) is 0 Å². The van der Waals surface area contributed by atoms with Gasteiger partial charge < -0.3 is 15.4 Å². The molecule has 0 saturated carbocycles. The van der Waals surface area contributed by atoms with E-state index in [1.807, 2.05) is 19.2 Å². The Labute approximate surface area is 125 Å². The van der Waals surface area contributed by atoms with Gasteiger partial charge in [-0.15, -0.1) is 0 Å². The van der Waals surface area contributed by atoms with Crippen molar-refractivity contribution in [2.75, 3.05) is 25.6 Å². The van der Waals surface area contributed by atoms with E-state index in [2.05, 4.69) is 17.0 Å². The first-order valence-electron chi connectivity index (χ1n) is 6.92. The summed E-state index contributed by atoms with van der Waals surface area (Å²) in [6.07, 6.45) is 0. The normalized spacial score (nSPS) is 12.2. The molecule has 4 heteroatoms. The fourth-order valence-corrected chi connectivity index (χ4v) is 2.38. The minimum Gasteiger partial charge on any atom is -0.380 e. The lowest BCUT2D eigenvalue weighted by Crippen LogP contribution is -2.30. The van der Waals surface area contributed by atoms with Crippen LogP contribution >= 0.6 is 0 Å². The van der Waals surface area contributed by atoms with Gasteiger partial charge in [0.25, 0.3) is 0 Å². The summed E-state index contributed by atoms with van der Waals surface area (Å²) in [5.41, 5.74) is 9.12. The second kappa shape index (κ2) is 7.20. The van der Waals surface area contributed by atoms with Crippen molar-refractivity contribution in [2.45, 2.75) is 12.6 Å². The van der Waals surface area contributed by atoms with E-state index in [-0.39, 0.29) is 11.9 Å². The van der Waals surface area contributed by atoms with Crippen molar-refractivity contribution in [2.24, 2.45) is 5.73 Å². The van der Waals surface area contributed by atoms with Gasteiger partial charge in [-0.05, 0) is 35.4 Å². The molecule has 0 fully saturated rings. The Balaban J connectivity index is 2.19. The maximum Gasteiger partial charge on any atom is 0.123 e. The first kappa shape index (κ1) is 15.5. The largest absolute Gasteiger partial charge is 0.380 e. The van der Waals surface area contributed by atoms with Crippen LogP contribution in [0.4, 0.5) is 10.1 Å². The molecule has 0 saturated heterocycles. The monoisotopic (exact) mass is 288 g/mol. The number of nitrogens with two attached hydrogens (primary N) is 1. The van der Waals surface area contributed by atoms with Crippen LogP contribution in [0.25, 0.3) is 0 Å². The number of rotatable bonds is 6. The average molecular weight is 288 g/mol. The predicted octanol–water partition coefficient (Wildman–Crippen LogP) is 3.11. The molecule has 2 aromatic carbocycles. The number of likely N-dealkylation sites (N-methyl/N-ethyl adjacent to an activating group) is 1. The zero-order valence-electron chi connectivity index (χ0n) is 12.4. The number of nitrogens with zero attached hydrogens (tertiary/aromatic N) is 1. The number of ether oxygens (including phenoxy) is 1. The van der Waals surface area contributed by atoms with Gasteiger partial charge in [-0.25, -0.2) is 4.39 Å². The van der Waals surface area contributed by atoms with E-state index in [1.54, 1.807) is 19.2 Å². The van der Waals surface area contributed by atoms with Crippen molar-refractivity contribution < 1.29 is 9.13 Å². The number of methoxy groups -OCH3 is 1. The first-order valence-corrected chi connectivity index (χ1v) is 6.92. The Hall–Kier alpha value is -1.91. The molecule has 0 heterocycles. The van der Waals surface area contributed by atoms with Crippen LogP contribution < -0.4 is 10.6 Å². The molecule has 0 amide bonds. The molecule has 1 atom stereocenters. The van der Waals surface area contributed by atoms with E-state index in [1.165, 1.54) is 12.1 Å². The molecule has 2 aromatic rings. The molecule has 0 radical (unpaired) electrons. The molecule has 0 bridgehead atoms. The van der Waals surface area contributed by atoms with Crippen LogP contribution in [-0.4, -0.2) is 20.7 Å². The van der Waals surface area contributed by atoms with Gasteiger partial charge in [-0.1, -0.05) is 24.3 Å². The van der Waals surface area contributed by atoms with Crippen molar-refractivity contribution in [3.63, 3.8) is 0 Å². The molecule has 0 aromatic heterocycles. The molecule has 0 aliphatic carbocycles. The Kier molecular flexibility index (Phi) is 5.31. The number of benzene rings is 2. The first-order chi connectivity index (χ1) is 10.2. The number of halogens is 1. The average Bonchev–Trinajstić information content (AvgIpc) is 2.50. The highest BCUT2D eigenvalue weighted by atomic mass is 19.1. The van der Waals surface area contributed by atoms with Gasteiger partial charge in [-0.3, -0.25) is 0 Å². The van der Waals surface area contributed by atoms with Crippen LogP contribution in [0.3, 0.4) is 0 Å². The van der Waals surface area contributed by atoms with Crippen LogP contribution in [-0.2, 0) is 11.3 Å². The maximum atomic E-state index is 13.0. The molecule has 0 spiro atoms. The van der Waals surface area contributed by atoms with Crippen LogP contribution in [0, 0.1) is 5.82 Å². The lowest BCUT2D eigenvalue weighted by Gasteiger charge is -2.29. The van der Waals surface area contributed by atoms with Gasteiger partial charge >= 0.3 is 0 Å². The summed E-state index contributed by atoms with van der Waals surface area (Å²) in [6.45, 7) is 1.08. The van der Waals surface area contributed by atoms with Gasteiger partial charge in [0.1, 0.15) is 5.82 Å². The van der Waals surface area contributed by atoms with E-state index in [0.717, 1.165) is 16.8 Å². The molecule has 2 rings (SSSR count).